The van der Waals surface area contributed by atoms with E-state index >= 15 is 0 Å². The van der Waals surface area contributed by atoms with Crippen LogP contribution >= 0.6 is 11.3 Å². The zero-order chi connectivity index (χ0) is 22.3. The molecule has 2 fully saturated rings. The van der Waals surface area contributed by atoms with E-state index in [1.165, 1.54) is 11.3 Å². The minimum Gasteiger partial charge on any atom is -0.490 e. The van der Waals surface area contributed by atoms with Crippen molar-refractivity contribution in [3.05, 3.63) is 39.8 Å². The first kappa shape index (κ1) is 22.8. The predicted molar refractivity (Wildman–Crippen MR) is 117 cm³/mol. The Balaban J connectivity index is 1.22. The molecule has 0 amide bonds. The van der Waals surface area contributed by atoms with Crippen LogP contribution in [0, 0.1) is 5.92 Å². The third-order valence-electron chi connectivity index (χ3n) is 5.88. The molecule has 1 saturated carbocycles. The molecule has 1 aromatic heterocycles. The molecule has 1 unspecified atom stereocenters. The number of hydrogen-bond acceptors (Lipinski definition) is 8. The van der Waals surface area contributed by atoms with E-state index < -0.39 is 5.97 Å². The zero-order valence-electron chi connectivity index (χ0n) is 17.9. The van der Waals surface area contributed by atoms with Gasteiger partial charge < -0.3 is 19.3 Å². The molecule has 0 radical (unpaired) electrons. The lowest BCUT2D eigenvalue weighted by Crippen LogP contribution is -2.27. The van der Waals surface area contributed by atoms with Gasteiger partial charge in [-0.3, -0.25) is 9.59 Å². The fourth-order valence-corrected chi connectivity index (χ4v) is 4.83. The van der Waals surface area contributed by atoms with Crippen LogP contribution in [0.1, 0.15) is 58.9 Å². The van der Waals surface area contributed by atoms with Gasteiger partial charge in [-0.1, -0.05) is 11.3 Å². The molecule has 32 heavy (non-hydrogen) atoms. The number of nitrogens with zero attached hydrogens (tertiary/aromatic N) is 2. The maximum absolute atomic E-state index is 12.6. The second-order valence-corrected chi connectivity index (χ2v) is 9.44. The standard InChI is InChI=1S/C23H28N2O6S/c26-20(12-21-24-25-22(32-21)14-29-13-19-2-1-11-30-19)15-3-7-17(8-4-15)31-18-9-5-16(6-10-18)23(27)28/h3-4,7-8,16,18-19H,1-2,5-6,9-14H2,(H,27,28). The molecule has 1 aliphatic carbocycles. The molecule has 1 aromatic carbocycles. The number of carboxylic acids is 1. The lowest BCUT2D eigenvalue weighted by Gasteiger charge is -2.26. The van der Waals surface area contributed by atoms with Crippen LogP contribution in [-0.2, 0) is 27.3 Å². The second-order valence-electron chi connectivity index (χ2n) is 8.29. The van der Waals surface area contributed by atoms with Gasteiger partial charge in [0.2, 0.25) is 0 Å². The molecule has 2 aromatic rings. The lowest BCUT2D eigenvalue weighted by molar-refractivity contribution is -0.143. The number of hydrogen-bond donors (Lipinski definition) is 1. The fraction of sp³-hybridized carbons (Fsp3) is 0.565. The first-order valence-corrected chi connectivity index (χ1v) is 11.9. The maximum atomic E-state index is 12.6. The van der Waals surface area contributed by atoms with Gasteiger partial charge in [0.15, 0.2) is 5.78 Å². The number of carbonyl (C=O) groups excluding carboxylic acids is 1. The summed E-state index contributed by atoms with van der Waals surface area (Å²) in [6.45, 7) is 1.75. The van der Waals surface area contributed by atoms with Gasteiger partial charge in [0.05, 0.1) is 31.2 Å². The van der Waals surface area contributed by atoms with Crippen LogP contribution in [0.4, 0.5) is 0 Å². The highest BCUT2D eigenvalue weighted by atomic mass is 32.1. The van der Waals surface area contributed by atoms with E-state index in [0.29, 0.717) is 42.4 Å². The zero-order valence-corrected chi connectivity index (χ0v) is 18.7. The summed E-state index contributed by atoms with van der Waals surface area (Å²) in [5.41, 5.74) is 0.596. The van der Waals surface area contributed by atoms with E-state index in [4.69, 9.17) is 19.3 Å². The molecular weight excluding hydrogens is 432 g/mol. The third kappa shape index (κ3) is 6.34. The van der Waals surface area contributed by atoms with Crippen molar-refractivity contribution >= 4 is 23.1 Å². The Morgan fingerprint density at radius 1 is 1.06 bits per heavy atom. The van der Waals surface area contributed by atoms with E-state index in [1.807, 2.05) is 0 Å². The van der Waals surface area contributed by atoms with Gasteiger partial charge in [0.25, 0.3) is 0 Å². The summed E-state index contributed by atoms with van der Waals surface area (Å²) in [6, 6.07) is 7.10. The molecule has 0 spiro atoms. The maximum Gasteiger partial charge on any atom is 0.306 e. The molecule has 2 heterocycles. The summed E-state index contributed by atoms with van der Waals surface area (Å²) in [5.74, 6) is -0.313. The highest BCUT2D eigenvalue weighted by Crippen LogP contribution is 2.28. The van der Waals surface area contributed by atoms with Crippen molar-refractivity contribution in [3.8, 4) is 5.75 Å². The number of rotatable bonds is 10. The van der Waals surface area contributed by atoms with Gasteiger partial charge >= 0.3 is 5.97 Å². The molecule has 2 aliphatic rings. The van der Waals surface area contributed by atoms with Crippen molar-refractivity contribution < 1.29 is 28.9 Å². The molecule has 1 N–H and O–H groups in total. The van der Waals surface area contributed by atoms with Gasteiger partial charge in [-0.05, 0) is 62.8 Å². The van der Waals surface area contributed by atoms with Gasteiger partial charge in [-0.25, -0.2) is 0 Å². The quantitative estimate of drug-likeness (QED) is 0.535. The minimum atomic E-state index is -0.722. The van der Waals surface area contributed by atoms with Crippen LogP contribution in [0.25, 0.3) is 0 Å². The third-order valence-corrected chi connectivity index (χ3v) is 6.77. The molecule has 1 aliphatic heterocycles. The van der Waals surface area contributed by atoms with E-state index in [1.54, 1.807) is 24.3 Å². The summed E-state index contributed by atoms with van der Waals surface area (Å²) in [4.78, 5) is 23.7. The first-order valence-electron chi connectivity index (χ1n) is 11.1. The highest BCUT2D eigenvalue weighted by Gasteiger charge is 2.27. The van der Waals surface area contributed by atoms with Gasteiger partial charge in [-0.2, -0.15) is 0 Å². The smallest absolute Gasteiger partial charge is 0.306 e. The predicted octanol–water partition coefficient (Wildman–Crippen LogP) is 3.68. The van der Waals surface area contributed by atoms with Crippen LogP contribution in [0.5, 0.6) is 5.75 Å². The Hall–Kier alpha value is -2.36. The fourth-order valence-electron chi connectivity index (χ4n) is 4.05. The van der Waals surface area contributed by atoms with E-state index in [2.05, 4.69) is 10.2 Å². The number of aromatic nitrogens is 2. The molecular formula is C23H28N2O6S. The molecule has 172 valence electrons. The van der Waals surface area contributed by atoms with Gasteiger partial charge in [-0.15, -0.1) is 10.2 Å². The summed E-state index contributed by atoms with van der Waals surface area (Å²) in [5, 5.41) is 18.7. The molecule has 9 heteroatoms. The Morgan fingerprint density at radius 3 is 2.50 bits per heavy atom. The number of ether oxygens (including phenoxy) is 3. The van der Waals surface area contributed by atoms with Crippen LogP contribution in [0.15, 0.2) is 24.3 Å². The largest absolute Gasteiger partial charge is 0.490 e. The highest BCUT2D eigenvalue weighted by molar-refractivity contribution is 7.11. The Bertz CT molecular complexity index is 901. The average Bonchev–Trinajstić information content (AvgIpc) is 3.47. The van der Waals surface area contributed by atoms with Crippen molar-refractivity contribution in [2.24, 2.45) is 5.92 Å². The number of benzene rings is 1. The SMILES string of the molecule is O=C(Cc1nnc(COCC2CCCO2)s1)c1ccc(OC2CCC(C(=O)O)CC2)cc1. The topological polar surface area (TPSA) is 108 Å². The lowest BCUT2D eigenvalue weighted by atomic mass is 9.87. The van der Waals surface area contributed by atoms with E-state index in [9.17, 15) is 9.59 Å². The second kappa shape index (κ2) is 11.0. The van der Waals surface area contributed by atoms with Crippen molar-refractivity contribution in [1.82, 2.24) is 10.2 Å². The van der Waals surface area contributed by atoms with Crippen LogP contribution in [0.2, 0.25) is 0 Å². The van der Waals surface area contributed by atoms with Gasteiger partial charge in [0, 0.05) is 12.2 Å². The molecule has 1 atom stereocenters. The van der Waals surface area contributed by atoms with E-state index in [0.717, 1.165) is 37.3 Å². The summed E-state index contributed by atoms with van der Waals surface area (Å²) in [7, 11) is 0. The van der Waals surface area contributed by atoms with Crippen molar-refractivity contribution in [1.29, 1.82) is 0 Å². The molecule has 1 saturated heterocycles. The normalized spacial score (nSPS) is 23.2. The Morgan fingerprint density at radius 2 is 1.81 bits per heavy atom. The molecule has 8 nitrogen and oxygen atoms in total. The van der Waals surface area contributed by atoms with Crippen LogP contribution in [-0.4, -0.2) is 52.5 Å². The number of ketones is 1. The summed E-state index contributed by atoms with van der Waals surface area (Å²) < 4.78 is 17.2. The Kier molecular flexibility index (Phi) is 7.83. The van der Waals surface area contributed by atoms with Crippen molar-refractivity contribution in [2.75, 3.05) is 13.2 Å². The van der Waals surface area contributed by atoms with Crippen molar-refractivity contribution in [3.63, 3.8) is 0 Å². The monoisotopic (exact) mass is 460 g/mol. The Labute approximate surface area is 190 Å². The summed E-state index contributed by atoms with van der Waals surface area (Å²) >= 11 is 1.39. The number of carbonyl (C=O) groups is 2. The van der Waals surface area contributed by atoms with Crippen LogP contribution < -0.4 is 4.74 Å². The first-order chi connectivity index (χ1) is 15.6. The van der Waals surface area contributed by atoms with Crippen molar-refractivity contribution in [2.45, 2.75) is 63.8 Å². The number of carboxylic acid groups (broad SMARTS) is 1. The number of Topliss-reactive ketones (excluding diaryl/α,β-unsaturated/α-hetero) is 1. The minimum absolute atomic E-state index is 0.0226. The van der Waals surface area contributed by atoms with Crippen LogP contribution in [0.3, 0.4) is 0 Å². The average molecular weight is 461 g/mol. The number of aliphatic carboxylic acids is 1. The molecule has 0 bridgehead atoms. The molecule has 4 rings (SSSR count). The van der Waals surface area contributed by atoms with Gasteiger partial charge in [0.1, 0.15) is 22.4 Å². The summed E-state index contributed by atoms with van der Waals surface area (Å²) in [6.07, 6.45) is 5.25. The van der Waals surface area contributed by atoms with E-state index in [-0.39, 0.29) is 30.3 Å².